The third-order valence-corrected chi connectivity index (χ3v) is 5.64. The quantitative estimate of drug-likeness (QED) is 0.245. The Balaban J connectivity index is 1.36. The molecule has 2 N–H and O–H groups in total. The van der Waals surface area contributed by atoms with Crippen molar-refractivity contribution >= 4 is 23.7 Å². The average molecular weight is 465 g/mol. The monoisotopic (exact) mass is 464 g/mol. The van der Waals surface area contributed by atoms with Crippen molar-refractivity contribution in [2.45, 2.75) is 44.6 Å². The van der Waals surface area contributed by atoms with Gasteiger partial charge in [0.2, 0.25) is 0 Å². The number of hydrogen-bond donors (Lipinski definition) is 2. The van der Waals surface area contributed by atoms with Gasteiger partial charge < -0.3 is 4.84 Å². The van der Waals surface area contributed by atoms with Gasteiger partial charge in [-0.05, 0) is 66.1 Å². The van der Waals surface area contributed by atoms with Crippen LogP contribution in [0, 0.1) is 0 Å². The lowest BCUT2D eigenvalue weighted by molar-refractivity contribution is -0.159. The third-order valence-electron chi connectivity index (χ3n) is 5.38. The van der Waals surface area contributed by atoms with Gasteiger partial charge in [-0.1, -0.05) is 84.9 Å². The van der Waals surface area contributed by atoms with Crippen LogP contribution in [-0.4, -0.2) is 17.9 Å². The number of hydroxylamine groups is 1. The summed E-state index contributed by atoms with van der Waals surface area (Å²) in [5.41, 5.74) is 6.61. The zero-order valence-electron chi connectivity index (χ0n) is 18.5. The average Bonchev–Trinajstić information content (AvgIpc) is 2.86. The van der Waals surface area contributed by atoms with Crippen LogP contribution in [-0.2, 0) is 40.1 Å². The highest BCUT2D eigenvalue weighted by Gasteiger charge is 2.21. The molecule has 33 heavy (non-hydrogen) atoms. The van der Waals surface area contributed by atoms with E-state index < -0.39 is 17.9 Å². The number of carbonyl (C=O) groups excluding carboxylic acids is 2. The van der Waals surface area contributed by atoms with Crippen molar-refractivity contribution < 1.29 is 14.4 Å². The predicted octanol–water partition coefficient (Wildman–Crippen LogP) is 4.72. The van der Waals surface area contributed by atoms with E-state index in [1.165, 1.54) is 11.1 Å². The van der Waals surface area contributed by atoms with E-state index in [2.05, 4.69) is 34.6 Å². The molecule has 3 aromatic carbocycles. The summed E-state index contributed by atoms with van der Waals surface area (Å²) in [6, 6.07) is 27.1. The number of unbranched alkanes of at least 4 members (excludes halogenated alkanes) is 1. The summed E-state index contributed by atoms with van der Waals surface area (Å²) in [4.78, 5) is 31.7. The molecule has 0 spiro atoms. The zero-order valence-corrected chi connectivity index (χ0v) is 19.3. The fourth-order valence-corrected chi connectivity index (χ4v) is 3.71. The third kappa shape index (κ3) is 8.72. The van der Waals surface area contributed by atoms with Gasteiger partial charge in [0.15, 0.2) is 0 Å². The van der Waals surface area contributed by atoms with Crippen molar-refractivity contribution in [3.63, 3.8) is 0 Å². The minimum atomic E-state index is -0.768. The number of nitrogens with one attached hydrogen (secondary N) is 2. The van der Waals surface area contributed by atoms with Gasteiger partial charge in [0.05, 0.1) is 6.42 Å². The largest absolute Gasteiger partial charge is 0.350 e. The first-order chi connectivity index (χ1) is 16.1. The van der Waals surface area contributed by atoms with Crippen LogP contribution >= 0.6 is 11.8 Å². The smallest absolute Gasteiger partial charge is 0.339 e. The fraction of sp³-hybridized carbons (Fsp3) is 0.259. The Morgan fingerprint density at radius 3 is 1.82 bits per heavy atom. The predicted molar refractivity (Wildman–Crippen MR) is 130 cm³/mol. The van der Waals surface area contributed by atoms with Gasteiger partial charge in [-0.2, -0.15) is 5.48 Å². The Bertz CT molecular complexity index is 995. The van der Waals surface area contributed by atoms with Gasteiger partial charge in [0.1, 0.15) is 6.04 Å². The van der Waals surface area contributed by atoms with E-state index in [4.69, 9.17) is 16.6 Å². The molecule has 0 heterocycles. The van der Waals surface area contributed by atoms with Crippen LogP contribution in [0.15, 0.2) is 84.9 Å². The molecule has 0 aromatic heterocycles. The summed E-state index contributed by atoms with van der Waals surface area (Å²) in [6.45, 7) is 0. The summed E-state index contributed by atoms with van der Waals surface area (Å²) in [5, 5.41) is 0. The molecule has 0 unspecified atom stereocenters. The molecule has 0 radical (unpaired) electrons. The molecule has 5 nitrogen and oxygen atoms in total. The SMILES string of the molecule is O=C(Cc1ccc(CCCCc2ccccc2)cc1)NOC(=O)[C@H](Cc1ccccc1)NCl. The Labute approximate surface area is 200 Å². The molecule has 3 aromatic rings. The summed E-state index contributed by atoms with van der Waals surface area (Å²) in [6.07, 6.45) is 4.82. The van der Waals surface area contributed by atoms with Crippen molar-refractivity contribution in [3.05, 3.63) is 107 Å². The lowest BCUT2D eigenvalue weighted by atomic mass is 10.0. The van der Waals surface area contributed by atoms with Crippen LogP contribution in [0.5, 0.6) is 0 Å². The number of halogens is 1. The minimum Gasteiger partial charge on any atom is -0.339 e. The summed E-state index contributed by atoms with van der Waals surface area (Å²) in [7, 11) is 0. The van der Waals surface area contributed by atoms with Crippen molar-refractivity contribution in [3.8, 4) is 0 Å². The van der Waals surface area contributed by atoms with Gasteiger partial charge >= 0.3 is 5.97 Å². The summed E-state index contributed by atoms with van der Waals surface area (Å²) >= 11 is 5.69. The molecular formula is C27H29ClN2O3. The molecule has 0 fully saturated rings. The Morgan fingerprint density at radius 1 is 0.727 bits per heavy atom. The van der Waals surface area contributed by atoms with E-state index in [1.54, 1.807) is 0 Å². The number of hydrogen-bond acceptors (Lipinski definition) is 4. The van der Waals surface area contributed by atoms with Crippen LogP contribution < -0.4 is 10.3 Å². The molecule has 0 saturated carbocycles. The van der Waals surface area contributed by atoms with Crippen molar-refractivity contribution in [1.29, 1.82) is 0 Å². The van der Waals surface area contributed by atoms with Gasteiger partial charge in [-0.25, -0.2) is 9.63 Å². The molecule has 1 atom stereocenters. The molecule has 0 aliphatic carbocycles. The number of aryl methyl sites for hydroxylation is 2. The van der Waals surface area contributed by atoms with E-state index in [0.29, 0.717) is 6.42 Å². The number of benzene rings is 3. The molecule has 3 rings (SSSR count). The van der Waals surface area contributed by atoms with Crippen molar-refractivity contribution in [1.82, 2.24) is 10.3 Å². The van der Waals surface area contributed by atoms with Crippen LogP contribution in [0.3, 0.4) is 0 Å². The van der Waals surface area contributed by atoms with E-state index in [0.717, 1.165) is 36.8 Å². The standard InChI is InChI=1S/C27H29ClN2O3/c28-29-25(19-23-13-5-2-6-14-23)27(32)33-30-26(31)20-24-17-15-22(16-18-24)12-8-7-11-21-9-3-1-4-10-21/h1-6,9-10,13-18,25,29H,7-8,11-12,19-20H2,(H,30,31)/t25-/m0/s1. The van der Waals surface area contributed by atoms with Crippen LogP contribution in [0.25, 0.3) is 0 Å². The van der Waals surface area contributed by atoms with E-state index in [1.807, 2.05) is 60.7 Å². The van der Waals surface area contributed by atoms with Crippen LogP contribution in [0.2, 0.25) is 0 Å². The number of carbonyl (C=O) groups is 2. The maximum Gasteiger partial charge on any atom is 0.350 e. The van der Waals surface area contributed by atoms with E-state index >= 15 is 0 Å². The van der Waals surface area contributed by atoms with Gasteiger partial charge in [-0.3, -0.25) is 4.79 Å². The second-order valence-electron chi connectivity index (χ2n) is 7.98. The maximum absolute atomic E-state index is 12.2. The molecule has 6 heteroatoms. The highest BCUT2D eigenvalue weighted by Crippen LogP contribution is 2.11. The normalized spacial score (nSPS) is 11.5. The summed E-state index contributed by atoms with van der Waals surface area (Å²) in [5.74, 6) is -1.04. The molecule has 172 valence electrons. The maximum atomic E-state index is 12.2. The van der Waals surface area contributed by atoms with Crippen LogP contribution in [0.1, 0.15) is 35.1 Å². The van der Waals surface area contributed by atoms with Gasteiger partial charge in [0.25, 0.3) is 5.91 Å². The van der Waals surface area contributed by atoms with Crippen LogP contribution in [0.4, 0.5) is 0 Å². The topological polar surface area (TPSA) is 67.4 Å². The highest BCUT2D eigenvalue weighted by molar-refractivity contribution is 6.14. The minimum absolute atomic E-state index is 0.124. The lowest BCUT2D eigenvalue weighted by Crippen LogP contribution is -2.39. The van der Waals surface area contributed by atoms with Gasteiger partial charge in [0, 0.05) is 0 Å². The second-order valence-corrected chi connectivity index (χ2v) is 8.20. The molecule has 0 saturated heterocycles. The second kappa shape index (κ2) is 13.4. The fourth-order valence-electron chi connectivity index (χ4n) is 3.54. The van der Waals surface area contributed by atoms with Gasteiger partial charge in [-0.15, -0.1) is 0 Å². The first-order valence-corrected chi connectivity index (χ1v) is 11.5. The Morgan fingerprint density at radius 2 is 1.24 bits per heavy atom. The van der Waals surface area contributed by atoms with Crippen molar-refractivity contribution in [2.24, 2.45) is 0 Å². The van der Waals surface area contributed by atoms with Crippen molar-refractivity contribution in [2.75, 3.05) is 0 Å². The molecule has 0 aliphatic heterocycles. The Hall–Kier alpha value is -3.15. The van der Waals surface area contributed by atoms with E-state index in [-0.39, 0.29) is 6.42 Å². The van der Waals surface area contributed by atoms with E-state index in [9.17, 15) is 9.59 Å². The molecular weight excluding hydrogens is 436 g/mol. The number of amides is 1. The zero-order chi connectivity index (χ0) is 23.3. The number of rotatable bonds is 11. The summed E-state index contributed by atoms with van der Waals surface area (Å²) < 4.78 is 0. The lowest BCUT2D eigenvalue weighted by Gasteiger charge is -2.14. The molecule has 1 amide bonds. The first-order valence-electron chi connectivity index (χ1n) is 11.2. The Kier molecular flexibility index (Phi) is 9.95. The molecule has 0 bridgehead atoms. The molecule has 0 aliphatic rings. The highest BCUT2D eigenvalue weighted by atomic mass is 35.5. The first kappa shape index (κ1) is 24.5.